The van der Waals surface area contributed by atoms with Crippen molar-refractivity contribution in [3.05, 3.63) is 98.7 Å². The summed E-state index contributed by atoms with van der Waals surface area (Å²) < 4.78 is 17.1. The number of furan rings is 1. The van der Waals surface area contributed by atoms with Crippen LogP contribution in [0.3, 0.4) is 0 Å². The van der Waals surface area contributed by atoms with Gasteiger partial charge in [-0.3, -0.25) is 9.59 Å². The number of methoxy groups -OCH3 is 1. The van der Waals surface area contributed by atoms with Gasteiger partial charge in [-0.25, -0.2) is 0 Å². The molecule has 2 heterocycles. The first kappa shape index (κ1) is 20.0. The third-order valence-electron chi connectivity index (χ3n) is 4.65. The normalized spacial score (nSPS) is 10.9. The SMILES string of the molecule is COc1ccc(CN(Cc2ccco2)C(=O)c2cc(=O)c3cc(Br)ccc3o2)cc1. The smallest absolute Gasteiger partial charge is 0.290 e. The van der Waals surface area contributed by atoms with Crippen LogP contribution in [0.5, 0.6) is 5.75 Å². The Bertz CT molecular complexity index is 1230. The summed E-state index contributed by atoms with van der Waals surface area (Å²) in [6.07, 6.45) is 1.55. The standard InChI is InChI=1S/C23H18BrNO5/c1-28-17-7-4-15(5-8-17)13-25(14-18-3-2-10-29-18)23(27)22-12-20(26)19-11-16(24)6-9-21(19)30-22/h2-12H,13-14H2,1H3. The number of hydrogen-bond donors (Lipinski definition) is 0. The quantitative estimate of drug-likeness (QED) is 0.398. The summed E-state index contributed by atoms with van der Waals surface area (Å²) in [5.41, 5.74) is 0.988. The van der Waals surface area contributed by atoms with Gasteiger partial charge in [-0.15, -0.1) is 0 Å². The second kappa shape index (κ2) is 8.59. The summed E-state index contributed by atoms with van der Waals surface area (Å²) in [6, 6.07) is 17.3. The first-order chi connectivity index (χ1) is 14.5. The van der Waals surface area contributed by atoms with Crippen molar-refractivity contribution < 1.29 is 18.4 Å². The van der Waals surface area contributed by atoms with E-state index >= 15 is 0 Å². The highest BCUT2D eigenvalue weighted by Crippen LogP contribution is 2.21. The molecule has 0 bridgehead atoms. The number of halogens is 1. The highest BCUT2D eigenvalue weighted by molar-refractivity contribution is 9.10. The van der Waals surface area contributed by atoms with Gasteiger partial charge >= 0.3 is 0 Å². The van der Waals surface area contributed by atoms with Gasteiger partial charge in [0.2, 0.25) is 0 Å². The van der Waals surface area contributed by atoms with E-state index in [0.29, 0.717) is 23.3 Å². The molecule has 1 amide bonds. The lowest BCUT2D eigenvalue weighted by atomic mass is 10.1. The number of fused-ring (bicyclic) bond motifs is 1. The predicted molar refractivity (Wildman–Crippen MR) is 115 cm³/mol. The summed E-state index contributed by atoms with van der Waals surface area (Å²) in [4.78, 5) is 27.4. The minimum Gasteiger partial charge on any atom is -0.497 e. The number of carbonyl (C=O) groups excluding carboxylic acids is 1. The summed E-state index contributed by atoms with van der Waals surface area (Å²) in [7, 11) is 1.60. The van der Waals surface area contributed by atoms with Gasteiger partial charge in [0, 0.05) is 17.1 Å². The van der Waals surface area contributed by atoms with Crippen molar-refractivity contribution in [1.82, 2.24) is 4.90 Å². The van der Waals surface area contributed by atoms with Gasteiger partial charge in [-0.2, -0.15) is 0 Å². The molecule has 0 radical (unpaired) electrons. The molecule has 0 saturated carbocycles. The van der Waals surface area contributed by atoms with Gasteiger partial charge < -0.3 is 18.5 Å². The van der Waals surface area contributed by atoms with E-state index in [0.717, 1.165) is 15.8 Å². The van der Waals surface area contributed by atoms with Crippen molar-refractivity contribution in [2.45, 2.75) is 13.1 Å². The van der Waals surface area contributed by atoms with Gasteiger partial charge in [0.1, 0.15) is 17.1 Å². The summed E-state index contributed by atoms with van der Waals surface area (Å²) in [6.45, 7) is 0.547. The van der Waals surface area contributed by atoms with Crippen LogP contribution in [0, 0.1) is 0 Å². The molecule has 0 fully saturated rings. The number of rotatable bonds is 6. The minimum atomic E-state index is -0.399. The van der Waals surface area contributed by atoms with Crippen LogP contribution in [-0.4, -0.2) is 17.9 Å². The van der Waals surface area contributed by atoms with E-state index in [4.69, 9.17) is 13.6 Å². The molecular formula is C23H18BrNO5. The molecule has 0 unspecified atom stereocenters. The number of carbonyl (C=O) groups is 1. The number of hydrogen-bond acceptors (Lipinski definition) is 5. The summed E-state index contributed by atoms with van der Waals surface area (Å²) in [5.74, 6) is 0.942. The van der Waals surface area contributed by atoms with Crippen LogP contribution >= 0.6 is 15.9 Å². The molecule has 7 heteroatoms. The van der Waals surface area contributed by atoms with Crippen molar-refractivity contribution in [3.8, 4) is 5.75 Å². The third kappa shape index (κ3) is 4.31. The Balaban J connectivity index is 1.68. The Morgan fingerprint density at radius 2 is 1.87 bits per heavy atom. The van der Waals surface area contributed by atoms with Crippen molar-refractivity contribution in [2.24, 2.45) is 0 Å². The van der Waals surface area contributed by atoms with E-state index in [-0.39, 0.29) is 17.7 Å². The monoisotopic (exact) mass is 467 g/mol. The molecule has 4 rings (SSSR count). The number of benzene rings is 2. The Hall–Kier alpha value is -3.32. The van der Waals surface area contributed by atoms with Gasteiger partial charge in [0.05, 0.1) is 25.3 Å². The van der Waals surface area contributed by atoms with E-state index in [1.807, 2.05) is 24.3 Å². The van der Waals surface area contributed by atoms with Crippen LogP contribution in [0.15, 0.2) is 85.0 Å². The lowest BCUT2D eigenvalue weighted by Crippen LogP contribution is -2.30. The van der Waals surface area contributed by atoms with Crippen LogP contribution < -0.4 is 10.2 Å². The zero-order chi connectivity index (χ0) is 21.1. The fraction of sp³-hybridized carbons (Fsp3) is 0.130. The Morgan fingerprint density at radius 1 is 1.07 bits per heavy atom. The Labute approximate surface area is 180 Å². The fourth-order valence-electron chi connectivity index (χ4n) is 3.13. The van der Waals surface area contributed by atoms with E-state index in [9.17, 15) is 9.59 Å². The maximum atomic E-state index is 13.3. The zero-order valence-corrected chi connectivity index (χ0v) is 17.7. The first-order valence-electron chi connectivity index (χ1n) is 9.21. The molecule has 4 aromatic rings. The zero-order valence-electron chi connectivity index (χ0n) is 16.1. The second-order valence-corrected chi connectivity index (χ2v) is 7.62. The topological polar surface area (TPSA) is 72.9 Å². The van der Waals surface area contributed by atoms with E-state index < -0.39 is 5.91 Å². The van der Waals surface area contributed by atoms with E-state index in [1.54, 1.807) is 48.6 Å². The van der Waals surface area contributed by atoms with Gasteiger partial charge in [0.15, 0.2) is 11.2 Å². The average Bonchev–Trinajstić information content (AvgIpc) is 3.27. The van der Waals surface area contributed by atoms with E-state index in [2.05, 4.69) is 15.9 Å². The maximum absolute atomic E-state index is 13.3. The highest BCUT2D eigenvalue weighted by Gasteiger charge is 2.21. The van der Waals surface area contributed by atoms with E-state index in [1.165, 1.54) is 6.07 Å². The number of nitrogens with zero attached hydrogens (tertiary/aromatic N) is 1. The van der Waals surface area contributed by atoms with Crippen molar-refractivity contribution in [3.63, 3.8) is 0 Å². The van der Waals surface area contributed by atoms with Gasteiger partial charge in [0.25, 0.3) is 5.91 Å². The lowest BCUT2D eigenvalue weighted by molar-refractivity contribution is 0.0686. The van der Waals surface area contributed by atoms with Crippen molar-refractivity contribution in [1.29, 1.82) is 0 Å². The minimum absolute atomic E-state index is 0.0186. The van der Waals surface area contributed by atoms with Gasteiger partial charge in [-0.05, 0) is 48.0 Å². The molecular weight excluding hydrogens is 450 g/mol. The highest BCUT2D eigenvalue weighted by atomic mass is 79.9. The summed E-state index contributed by atoms with van der Waals surface area (Å²) in [5, 5.41) is 0.411. The molecule has 0 atom stereocenters. The molecule has 0 aliphatic heterocycles. The first-order valence-corrected chi connectivity index (χ1v) is 10.0. The molecule has 0 saturated heterocycles. The van der Waals surface area contributed by atoms with Crippen LogP contribution in [0.2, 0.25) is 0 Å². The summed E-state index contributed by atoms with van der Waals surface area (Å²) >= 11 is 3.34. The largest absolute Gasteiger partial charge is 0.497 e. The molecule has 2 aromatic heterocycles. The van der Waals surface area contributed by atoms with Crippen molar-refractivity contribution in [2.75, 3.05) is 7.11 Å². The second-order valence-electron chi connectivity index (χ2n) is 6.70. The van der Waals surface area contributed by atoms with Crippen LogP contribution in [0.25, 0.3) is 11.0 Å². The van der Waals surface area contributed by atoms with Crippen molar-refractivity contribution >= 4 is 32.8 Å². The fourth-order valence-corrected chi connectivity index (χ4v) is 3.49. The molecule has 152 valence electrons. The Kier molecular flexibility index (Phi) is 5.72. The molecule has 0 aliphatic rings. The lowest BCUT2D eigenvalue weighted by Gasteiger charge is -2.21. The third-order valence-corrected chi connectivity index (χ3v) is 5.14. The number of amides is 1. The predicted octanol–water partition coefficient (Wildman–Crippen LogP) is 5.00. The molecule has 30 heavy (non-hydrogen) atoms. The van der Waals surface area contributed by atoms with Crippen LogP contribution in [-0.2, 0) is 13.1 Å². The van der Waals surface area contributed by atoms with Gasteiger partial charge in [-0.1, -0.05) is 28.1 Å². The van der Waals surface area contributed by atoms with Crippen LogP contribution in [0.1, 0.15) is 21.9 Å². The maximum Gasteiger partial charge on any atom is 0.290 e. The average molecular weight is 468 g/mol. The molecule has 6 nitrogen and oxygen atoms in total. The number of ether oxygens (including phenoxy) is 1. The molecule has 0 aliphatic carbocycles. The molecule has 0 N–H and O–H groups in total. The molecule has 2 aromatic carbocycles. The molecule has 0 spiro atoms. The Morgan fingerprint density at radius 3 is 2.57 bits per heavy atom. The van der Waals surface area contributed by atoms with Crippen LogP contribution in [0.4, 0.5) is 0 Å².